The lowest BCUT2D eigenvalue weighted by molar-refractivity contribution is -0.123. The Morgan fingerprint density at radius 2 is 2.00 bits per heavy atom. The molecule has 1 saturated heterocycles. The maximum atomic E-state index is 11.6. The number of hydrogen-bond donors (Lipinski definition) is 2. The molecule has 0 spiro atoms. The van der Waals surface area contributed by atoms with Crippen molar-refractivity contribution in [3.8, 4) is 0 Å². The van der Waals surface area contributed by atoms with Gasteiger partial charge in [0.25, 0.3) is 5.91 Å². The second-order valence-electron chi connectivity index (χ2n) is 3.86. The van der Waals surface area contributed by atoms with Gasteiger partial charge in [-0.2, -0.15) is 0 Å². The first-order valence-corrected chi connectivity index (χ1v) is 4.64. The van der Waals surface area contributed by atoms with Crippen molar-refractivity contribution in [2.75, 3.05) is 0 Å². The molecule has 1 fully saturated rings. The molecule has 0 aromatic carbocycles. The van der Waals surface area contributed by atoms with Gasteiger partial charge in [-0.1, -0.05) is 0 Å². The average molecular weight is 208 g/mol. The van der Waals surface area contributed by atoms with E-state index in [1.54, 1.807) is 26.8 Å². The fraction of sp³-hybridized carbons (Fsp3) is 0.400. The monoisotopic (exact) mass is 208 g/mol. The van der Waals surface area contributed by atoms with E-state index in [1.807, 2.05) is 0 Å². The Bertz CT molecular complexity index is 450. The van der Waals surface area contributed by atoms with Gasteiger partial charge in [-0.3, -0.25) is 10.1 Å². The zero-order chi connectivity index (χ0) is 11.2. The van der Waals surface area contributed by atoms with Crippen LogP contribution in [0.5, 0.6) is 0 Å². The fourth-order valence-corrected chi connectivity index (χ4v) is 1.86. The third-order valence-electron chi connectivity index (χ3n) is 2.62. The van der Waals surface area contributed by atoms with Gasteiger partial charge in [-0.05, 0) is 26.8 Å². The number of carbonyl (C=O) groups excluding carboxylic acids is 2. The minimum Gasteiger partial charge on any atom is -0.466 e. The maximum absolute atomic E-state index is 11.6. The third kappa shape index (κ3) is 1.31. The molecule has 1 aromatic rings. The third-order valence-corrected chi connectivity index (χ3v) is 2.62. The molecule has 0 saturated carbocycles. The van der Waals surface area contributed by atoms with Crippen molar-refractivity contribution >= 4 is 11.9 Å². The summed E-state index contributed by atoms with van der Waals surface area (Å²) >= 11 is 0. The molecule has 80 valence electrons. The Kier molecular flexibility index (Phi) is 1.86. The smallest absolute Gasteiger partial charge is 0.322 e. The van der Waals surface area contributed by atoms with Crippen molar-refractivity contribution in [2.24, 2.45) is 0 Å². The topological polar surface area (TPSA) is 71.3 Å². The van der Waals surface area contributed by atoms with Crippen LogP contribution in [-0.4, -0.2) is 11.9 Å². The van der Waals surface area contributed by atoms with E-state index in [1.165, 1.54) is 0 Å². The molecule has 15 heavy (non-hydrogen) atoms. The van der Waals surface area contributed by atoms with Gasteiger partial charge in [0.1, 0.15) is 17.1 Å². The predicted molar refractivity (Wildman–Crippen MR) is 52.2 cm³/mol. The summed E-state index contributed by atoms with van der Waals surface area (Å²) in [5, 5.41) is 4.80. The zero-order valence-corrected chi connectivity index (χ0v) is 8.80. The highest BCUT2D eigenvalue weighted by Gasteiger charge is 2.45. The molecule has 1 aliphatic rings. The van der Waals surface area contributed by atoms with Crippen molar-refractivity contribution in [3.05, 3.63) is 23.2 Å². The number of hydrogen-bond acceptors (Lipinski definition) is 3. The number of nitrogens with one attached hydrogen (secondary N) is 2. The van der Waals surface area contributed by atoms with E-state index in [-0.39, 0.29) is 5.91 Å². The van der Waals surface area contributed by atoms with E-state index in [4.69, 9.17) is 4.42 Å². The summed E-state index contributed by atoms with van der Waals surface area (Å²) in [6.45, 7) is 5.23. The molecule has 1 aliphatic heterocycles. The van der Waals surface area contributed by atoms with Gasteiger partial charge in [0.05, 0.1) is 0 Å². The van der Waals surface area contributed by atoms with Crippen LogP contribution in [0, 0.1) is 13.8 Å². The van der Waals surface area contributed by atoms with Gasteiger partial charge in [0.2, 0.25) is 0 Å². The van der Waals surface area contributed by atoms with Gasteiger partial charge in [0, 0.05) is 5.56 Å². The van der Waals surface area contributed by atoms with E-state index >= 15 is 0 Å². The van der Waals surface area contributed by atoms with Gasteiger partial charge < -0.3 is 9.73 Å². The summed E-state index contributed by atoms with van der Waals surface area (Å²) in [7, 11) is 0. The first-order chi connectivity index (χ1) is 6.93. The van der Waals surface area contributed by atoms with Gasteiger partial charge in [-0.15, -0.1) is 0 Å². The molecule has 0 unspecified atom stereocenters. The average Bonchev–Trinajstić information content (AvgIpc) is 2.55. The highest BCUT2D eigenvalue weighted by atomic mass is 16.3. The largest absolute Gasteiger partial charge is 0.466 e. The number of carbonyl (C=O) groups is 2. The number of aryl methyl sites for hydroxylation is 2. The van der Waals surface area contributed by atoms with Crippen molar-refractivity contribution in [1.29, 1.82) is 0 Å². The molecule has 1 aromatic heterocycles. The normalized spacial score (nSPS) is 25.3. The lowest BCUT2D eigenvalue weighted by atomic mass is 9.92. The lowest BCUT2D eigenvalue weighted by Gasteiger charge is -2.19. The van der Waals surface area contributed by atoms with Crippen LogP contribution in [0.2, 0.25) is 0 Å². The fourth-order valence-electron chi connectivity index (χ4n) is 1.86. The van der Waals surface area contributed by atoms with Gasteiger partial charge in [0.15, 0.2) is 0 Å². The summed E-state index contributed by atoms with van der Waals surface area (Å²) in [4.78, 5) is 22.7. The van der Waals surface area contributed by atoms with Crippen LogP contribution >= 0.6 is 0 Å². The molecule has 3 amide bonds. The second-order valence-corrected chi connectivity index (χ2v) is 3.86. The minimum absolute atomic E-state index is 0.351. The van der Waals surface area contributed by atoms with Gasteiger partial charge in [-0.25, -0.2) is 4.79 Å². The number of amides is 3. The number of rotatable bonds is 1. The molecule has 2 rings (SSSR count). The Balaban J connectivity index is 2.50. The van der Waals surface area contributed by atoms with Crippen molar-refractivity contribution in [2.45, 2.75) is 26.3 Å². The summed E-state index contributed by atoms with van der Waals surface area (Å²) in [5.41, 5.74) is -0.317. The number of imide groups is 1. The van der Waals surface area contributed by atoms with Crippen LogP contribution in [0.1, 0.15) is 24.0 Å². The van der Waals surface area contributed by atoms with Crippen LogP contribution in [0.15, 0.2) is 10.5 Å². The van der Waals surface area contributed by atoms with Crippen molar-refractivity contribution in [3.63, 3.8) is 0 Å². The van der Waals surface area contributed by atoms with Gasteiger partial charge >= 0.3 is 6.03 Å². The summed E-state index contributed by atoms with van der Waals surface area (Å²) in [5.74, 6) is 1.02. The van der Waals surface area contributed by atoms with Crippen LogP contribution in [0.3, 0.4) is 0 Å². The number of urea groups is 1. The first kappa shape index (κ1) is 9.76. The van der Waals surface area contributed by atoms with Crippen LogP contribution in [-0.2, 0) is 10.3 Å². The Morgan fingerprint density at radius 3 is 2.40 bits per heavy atom. The van der Waals surface area contributed by atoms with Crippen LogP contribution in [0.4, 0.5) is 4.79 Å². The first-order valence-electron chi connectivity index (χ1n) is 4.64. The Labute approximate surface area is 86.8 Å². The zero-order valence-electron chi connectivity index (χ0n) is 8.80. The molecular weight excluding hydrogens is 196 g/mol. The van der Waals surface area contributed by atoms with Crippen LogP contribution in [0.25, 0.3) is 0 Å². The molecule has 5 heteroatoms. The molecule has 2 N–H and O–H groups in total. The second kappa shape index (κ2) is 2.85. The molecule has 2 heterocycles. The molecule has 0 bridgehead atoms. The maximum Gasteiger partial charge on any atom is 0.322 e. The summed E-state index contributed by atoms with van der Waals surface area (Å²) in [6.07, 6.45) is 0. The minimum atomic E-state index is -1.01. The molecule has 0 aliphatic carbocycles. The predicted octanol–water partition coefficient (Wildman–Crippen LogP) is 0.951. The Hall–Kier alpha value is -1.78. The molecule has 1 atom stereocenters. The molecular formula is C10H12N2O3. The van der Waals surface area contributed by atoms with Crippen molar-refractivity contribution < 1.29 is 14.0 Å². The Morgan fingerprint density at radius 1 is 1.33 bits per heavy atom. The van der Waals surface area contributed by atoms with E-state index in [9.17, 15) is 9.59 Å². The lowest BCUT2D eigenvalue weighted by Crippen LogP contribution is -2.40. The highest BCUT2D eigenvalue weighted by Crippen LogP contribution is 2.29. The van der Waals surface area contributed by atoms with E-state index < -0.39 is 11.6 Å². The van der Waals surface area contributed by atoms with Crippen molar-refractivity contribution in [1.82, 2.24) is 10.6 Å². The summed E-state index contributed by atoms with van der Waals surface area (Å²) < 4.78 is 5.34. The quantitative estimate of drug-likeness (QED) is 0.675. The van der Waals surface area contributed by atoms with E-state index in [0.717, 1.165) is 5.76 Å². The van der Waals surface area contributed by atoms with E-state index in [2.05, 4.69) is 10.6 Å². The number of furan rings is 1. The highest BCUT2D eigenvalue weighted by molar-refractivity contribution is 6.07. The standard InChI is InChI=1S/C10H12N2O3/c1-5-4-7(6(2)15-5)10(3)8(13)11-9(14)12-10/h4H,1-3H3,(H2,11,12,13,14)/t10-/m0/s1. The molecule has 0 radical (unpaired) electrons. The molecule has 5 nitrogen and oxygen atoms in total. The summed E-state index contributed by atoms with van der Waals surface area (Å²) in [6, 6.07) is 1.29. The SMILES string of the molecule is Cc1cc([C@]2(C)NC(=O)NC2=O)c(C)o1. The van der Waals surface area contributed by atoms with Crippen LogP contribution < -0.4 is 10.6 Å². The van der Waals surface area contributed by atoms with E-state index in [0.29, 0.717) is 11.3 Å².